The Morgan fingerprint density at radius 1 is 0.367 bits per heavy atom. The lowest BCUT2D eigenvalue weighted by Crippen LogP contribution is -2.25. The highest BCUT2D eigenvalue weighted by Crippen LogP contribution is 2.64. The van der Waals surface area contributed by atoms with Crippen LogP contribution in [0.25, 0.3) is 77.1 Å². The molecule has 0 amide bonds. The number of hydrogen-bond acceptors (Lipinski definition) is 1. The van der Waals surface area contributed by atoms with Gasteiger partial charge in [-0.1, -0.05) is 164 Å². The van der Waals surface area contributed by atoms with Crippen molar-refractivity contribution in [3.05, 3.63) is 198 Å². The van der Waals surface area contributed by atoms with Gasteiger partial charge in [-0.2, -0.15) is 0 Å². The molecule has 0 unspecified atom stereocenters. The first-order chi connectivity index (χ1) is 24.3. The Morgan fingerprint density at radius 3 is 1.69 bits per heavy atom. The number of rotatable bonds is 2. The van der Waals surface area contributed by atoms with Gasteiger partial charge in [0.15, 0.2) is 0 Å². The topological polar surface area (TPSA) is 12.9 Å². The van der Waals surface area contributed by atoms with Crippen molar-refractivity contribution >= 4 is 32.4 Å². The van der Waals surface area contributed by atoms with Gasteiger partial charge in [0.1, 0.15) is 0 Å². The lowest BCUT2D eigenvalue weighted by atomic mass is 9.70. The maximum atomic E-state index is 5.47. The highest BCUT2D eigenvalue weighted by molar-refractivity contribution is 6.19. The van der Waals surface area contributed by atoms with Crippen LogP contribution in [0.3, 0.4) is 0 Å². The lowest BCUT2D eigenvalue weighted by Gasteiger charge is -2.30. The zero-order chi connectivity index (χ0) is 32.1. The van der Waals surface area contributed by atoms with Crippen LogP contribution >= 0.6 is 0 Å². The monoisotopic (exact) mass is 619 g/mol. The summed E-state index contributed by atoms with van der Waals surface area (Å²) in [5.74, 6) is 0. The van der Waals surface area contributed by atoms with Gasteiger partial charge in [-0.25, -0.2) is 4.98 Å². The van der Waals surface area contributed by atoms with E-state index < -0.39 is 5.41 Å². The fourth-order valence-corrected chi connectivity index (χ4v) is 9.03. The molecule has 1 aromatic heterocycles. The van der Waals surface area contributed by atoms with E-state index in [2.05, 4.69) is 176 Å². The Hall–Kier alpha value is -6.31. The zero-order valence-electron chi connectivity index (χ0n) is 26.7. The smallest absolute Gasteiger partial charge is 0.0794 e. The summed E-state index contributed by atoms with van der Waals surface area (Å²) in [5, 5.41) is 6.16. The Morgan fingerprint density at radius 2 is 0.939 bits per heavy atom. The molecule has 1 spiro atoms. The number of benzene rings is 8. The van der Waals surface area contributed by atoms with Crippen LogP contribution in [0.15, 0.2) is 176 Å². The molecule has 9 aromatic rings. The fourth-order valence-electron chi connectivity index (χ4n) is 9.03. The van der Waals surface area contributed by atoms with Crippen LogP contribution in [0.5, 0.6) is 0 Å². The van der Waals surface area contributed by atoms with Crippen molar-refractivity contribution in [2.45, 2.75) is 5.41 Å². The number of pyridine rings is 1. The van der Waals surface area contributed by atoms with Crippen molar-refractivity contribution in [1.82, 2.24) is 4.98 Å². The van der Waals surface area contributed by atoms with E-state index in [0.717, 1.165) is 16.8 Å². The maximum Gasteiger partial charge on any atom is 0.0794 e. The van der Waals surface area contributed by atoms with E-state index >= 15 is 0 Å². The number of fused-ring (bicyclic) bond motifs is 15. The molecule has 8 aromatic carbocycles. The van der Waals surface area contributed by atoms with Gasteiger partial charge >= 0.3 is 0 Å². The summed E-state index contributed by atoms with van der Waals surface area (Å²) in [7, 11) is 0. The number of hydrogen-bond donors (Lipinski definition) is 0. The predicted molar refractivity (Wildman–Crippen MR) is 204 cm³/mol. The third-order valence-electron chi connectivity index (χ3n) is 11.1. The van der Waals surface area contributed by atoms with Crippen molar-refractivity contribution in [1.29, 1.82) is 0 Å². The van der Waals surface area contributed by atoms with Crippen LogP contribution in [-0.4, -0.2) is 4.98 Å². The van der Waals surface area contributed by atoms with Crippen LogP contribution in [0, 0.1) is 0 Å². The molecular weight excluding hydrogens is 591 g/mol. The molecule has 0 atom stereocenters. The summed E-state index contributed by atoms with van der Waals surface area (Å²) in [6, 6.07) is 64.8. The molecule has 2 aliphatic rings. The second kappa shape index (κ2) is 9.86. The second-order valence-corrected chi connectivity index (χ2v) is 13.4. The minimum absolute atomic E-state index is 0.393. The fraction of sp³-hybridized carbons (Fsp3) is 0.0208. The molecule has 1 heterocycles. The van der Waals surface area contributed by atoms with E-state index in [-0.39, 0.29) is 0 Å². The molecule has 0 radical (unpaired) electrons. The van der Waals surface area contributed by atoms with Crippen LogP contribution in [0.1, 0.15) is 22.3 Å². The van der Waals surface area contributed by atoms with E-state index in [1.54, 1.807) is 0 Å². The van der Waals surface area contributed by atoms with Gasteiger partial charge in [0.25, 0.3) is 0 Å². The molecule has 0 aliphatic heterocycles. The quantitative estimate of drug-likeness (QED) is 0.175. The lowest BCUT2D eigenvalue weighted by molar-refractivity contribution is 0.794. The summed E-state index contributed by atoms with van der Waals surface area (Å²) in [6.45, 7) is 0. The van der Waals surface area contributed by atoms with Crippen LogP contribution in [-0.2, 0) is 5.41 Å². The van der Waals surface area contributed by atoms with E-state index in [0.29, 0.717) is 0 Å². The first-order valence-corrected chi connectivity index (χ1v) is 17.1. The summed E-state index contributed by atoms with van der Waals surface area (Å²) in [5.41, 5.74) is 15.8. The third-order valence-corrected chi connectivity index (χ3v) is 11.1. The Kier molecular flexibility index (Phi) is 5.38. The van der Waals surface area contributed by atoms with E-state index in [1.165, 1.54) is 82.6 Å². The molecule has 0 saturated carbocycles. The van der Waals surface area contributed by atoms with Crippen LogP contribution in [0.2, 0.25) is 0 Å². The molecule has 2 aliphatic carbocycles. The SMILES string of the molecule is c1ccc2c(c1)-c1ccccc1C21c2ccccc2-c2c1ccc1c2c(-c2ccc(-c3ccc4ccccc4c3)cc2)nc2ccccc21. The Balaban J connectivity index is 1.21. The average molecular weight is 620 g/mol. The van der Waals surface area contributed by atoms with Gasteiger partial charge in [0, 0.05) is 16.3 Å². The summed E-state index contributed by atoms with van der Waals surface area (Å²) in [4.78, 5) is 5.47. The molecular formula is C48H29N. The number of aromatic nitrogens is 1. The average Bonchev–Trinajstić information content (AvgIpc) is 3.65. The van der Waals surface area contributed by atoms with E-state index in [1.807, 2.05) is 0 Å². The number of nitrogens with zero attached hydrogens (tertiary/aromatic N) is 1. The molecule has 0 saturated heterocycles. The summed E-state index contributed by atoms with van der Waals surface area (Å²) >= 11 is 0. The molecule has 1 heteroatoms. The zero-order valence-corrected chi connectivity index (χ0v) is 26.7. The van der Waals surface area contributed by atoms with Crippen molar-refractivity contribution in [3.8, 4) is 44.6 Å². The molecule has 226 valence electrons. The van der Waals surface area contributed by atoms with Crippen molar-refractivity contribution < 1.29 is 0 Å². The van der Waals surface area contributed by atoms with Gasteiger partial charge in [-0.3, -0.25) is 0 Å². The highest BCUT2D eigenvalue weighted by Gasteiger charge is 2.52. The normalized spacial score (nSPS) is 13.5. The molecule has 0 bridgehead atoms. The van der Waals surface area contributed by atoms with E-state index in [9.17, 15) is 0 Å². The van der Waals surface area contributed by atoms with Gasteiger partial charge in [-0.15, -0.1) is 0 Å². The van der Waals surface area contributed by atoms with Crippen LogP contribution < -0.4 is 0 Å². The molecule has 49 heavy (non-hydrogen) atoms. The second-order valence-electron chi connectivity index (χ2n) is 13.4. The number of para-hydroxylation sites is 1. The summed E-state index contributed by atoms with van der Waals surface area (Å²) in [6.07, 6.45) is 0. The predicted octanol–water partition coefficient (Wildman–Crippen LogP) is 12.2. The Bertz CT molecular complexity index is 2780. The van der Waals surface area contributed by atoms with Crippen LogP contribution in [0.4, 0.5) is 0 Å². The molecule has 0 N–H and O–H groups in total. The first-order valence-electron chi connectivity index (χ1n) is 17.1. The van der Waals surface area contributed by atoms with Gasteiger partial charge in [0.05, 0.1) is 16.6 Å². The highest BCUT2D eigenvalue weighted by atomic mass is 14.7. The minimum Gasteiger partial charge on any atom is -0.247 e. The maximum absolute atomic E-state index is 5.47. The van der Waals surface area contributed by atoms with E-state index in [4.69, 9.17) is 4.98 Å². The largest absolute Gasteiger partial charge is 0.247 e. The Labute approximate surface area is 284 Å². The van der Waals surface area contributed by atoms with Crippen molar-refractivity contribution in [2.75, 3.05) is 0 Å². The van der Waals surface area contributed by atoms with Gasteiger partial charge in [-0.05, 0) is 83.9 Å². The molecule has 0 fully saturated rings. The first kappa shape index (κ1) is 26.7. The molecule has 11 rings (SSSR count). The molecule has 1 nitrogen and oxygen atoms in total. The minimum atomic E-state index is -0.393. The van der Waals surface area contributed by atoms with Gasteiger partial charge < -0.3 is 0 Å². The van der Waals surface area contributed by atoms with Crippen molar-refractivity contribution in [2.24, 2.45) is 0 Å². The van der Waals surface area contributed by atoms with Crippen molar-refractivity contribution in [3.63, 3.8) is 0 Å². The van der Waals surface area contributed by atoms with Gasteiger partial charge in [0.2, 0.25) is 0 Å². The summed E-state index contributed by atoms with van der Waals surface area (Å²) < 4.78 is 0. The third kappa shape index (κ3) is 3.51. The standard InChI is InChI=1S/C48H29N/c1-2-12-33-29-34(26-23-30(33)11-1)31-21-24-32(25-22-31)47-46-38(37-15-6-10-20-44(37)49-47)27-28-43-45(46)39-16-5-9-19-42(39)48(43)40-17-7-3-13-35(40)36-14-4-8-18-41(36)48/h1-29H.